The first-order valence-corrected chi connectivity index (χ1v) is 5.56. The summed E-state index contributed by atoms with van der Waals surface area (Å²) in [4.78, 5) is 1.84. The van der Waals surface area contributed by atoms with Crippen LogP contribution in [0.4, 0.5) is 17.3 Å². The molecule has 0 aromatic rings. The molecule has 92 valence electrons. The average Bonchev–Trinajstić information content (AvgIpc) is 2.15. The van der Waals surface area contributed by atoms with Crippen molar-refractivity contribution in [2.75, 3.05) is 13.1 Å². The number of nitrogens with one attached hydrogen (secondary N) is 1. The van der Waals surface area contributed by atoms with Crippen LogP contribution in [0.25, 0.3) is 0 Å². The summed E-state index contributed by atoms with van der Waals surface area (Å²) in [6, 6.07) is 0.903. The summed E-state index contributed by atoms with van der Waals surface area (Å²) in [5.74, 6) is 0. The Bertz CT molecular complexity index is 151. The minimum absolute atomic E-state index is 0.903. The quantitative estimate of drug-likeness (QED) is 0.546. The lowest BCUT2D eigenvalue weighted by Crippen LogP contribution is -3.16. The van der Waals surface area contributed by atoms with E-state index in [9.17, 15) is 17.3 Å². The van der Waals surface area contributed by atoms with Crippen molar-refractivity contribution in [2.45, 2.75) is 45.6 Å². The monoisotopic (exact) mass is 229 g/mol. The van der Waals surface area contributed by atoms with Gasteiger partial charge in [-0.1, -0.05) is 6.92 Å². The molecule has 1 nitrogen and oxygen atoms in total. The van der Waals surface area contributed by atoms with Gasteiger partial charge in [0.25, 0.3) is 0 Å². The van der Waals surface area contributed by atoms with Gasteiger partial charge in [0.15, 0.2) is 0 Å². The molecule has 1 aliphatic rings. The molecule has 1 unspecified atom stereocenters. The van der Waals surface area contributed by atoms with E-state index in [0.29, 0.717) is 0 Å². The van der Waals surface area contributed by atoms with E-state index >= 15 is 0 Å². The molecule has 0 radical (unpaired) electrons. The Labute approximate surface area is 88.9 Å². The largest absolute Gasteiger partial charge is 0.673 e. The van der Waals surface area contributed by atoms with Gasteiger partial charge in [-0.25, -0.2) is 0 Å². The molecule has 1 fully saturated rings. The minimum Gasteiger partial charge on any atom is -0.418 e. The summed E-state index contributed by atoms with van der Waals surface area (Å²) in [7, 11) is -6.00. The Morgan fingerprint density at radius 1 is 1.07 bits per heavy atom. The molecule has 0 aromatic carbocycles. The molecular formula is C9H20BF4N. The van der Waals surface area contributed by atoms with Crippen LogP contribution in [0, 0.1) is 0 Å². The topological polar surface area (TPSA) is 4.44 Å². The second-order valence-electron chi connectivity index (χ2n) is 4.02. The van der Waals surface area contributed by atoms with Crippen molar-refractivity contribution in [2.24, 2.45) is 0 Å². The Hall–Kier alpha value is -0.255. The zero-order chi connectivity index (χ0) is 11.9. The van der Waals surface area contributed by atoms with Crippen molar-refractivity contribution >= 4 is 7.25 Å². The van der Waals surface area contributed by atoms with E-state index in [1.165, 1.54) is 38.8 Å². The molecule has 1 N–H and O–H groups in total. The standard InChI is InChI=1S/C9H19N.BF4/c1-3-9(2)10-7-5-4-6-8-10;2-1(3,4)5/h9H,3-8H2,1-2H3;/q;-1/p+1. The smallest absolute Gasteiger partial charge is 0.418 e. The lowest BCUT2D eigenvalue weighted by Gasteiger charge is -2.28. The highest BCUT2D eigenvalue weighted by atomic mass is 19.5. The van der Waals surface area contributed by atoms with Crippen LogP contribution in [0.15, 0.2) is 0 Å². The Morgan fingerprint density at radius 2 is 1.47 bits per heavy atom. The second-order valence-corrected chi connectivity index (χ2v) is 4.02. The zero-order valence-corrected chi connectivity index (χ0v) is 9.41. The molecule has 6 heteroatoms. The summed E-state index contributed by atoms with van der Waals surface area (Å²) in [6.07, 6.45) is 5.73. The fourth-order valence-corrected chi connectivity index (χ4v) is 1.79. The SMILES string of the molecule is CCC(C)[NH+]1CCCCC1.F[B-](F)(F)F. The summed E-state index contributed by atoms with van der Waals surface area (Å²) in [6.45, 7) is 7.52. The summed E-state index contributed by atoms with van der Waals surface area (Å²) < 4.78 is 39.0. The van der Waals surface area contributed by atoms with Crippen LogP contribution in [0.2, 0.25) is 0 Å². The number of piperidine rings is 1. The lowest BCUT2D eigenvalue weighted by atomic mass is 10.1. The predicted octanol–water partition coefficient (Wildman–Crippen LogP) is 2.15. The molecule has 1 saturated heterocycles. The van der Waals surface area contributed by atoms with Crippen LogP contribution < -0.4 is 4.90 Å². The van der Waals surface area contributed by atoms with Gasteiger partial charge in [0.1, 0.15) is 0 Å². The van der Waals surface area contributed by atoms with Crippen molar-refractivity contribution in [1.29, 1.82) is 0 Å². The van der Waals surface area contributed by atoms with Crippen LogP contribution in [0.3, 0.4) is 0 Å². The van der Waals surface area contributed by atoms with E-state index < -0.39 is 7.25 Å². The highest BCUT2D eigenvalue weighted by Crippen LogP contribution is 2.06. The third-order valence-electron chi connectivity index (χ3n) is 2.81. The van der Waals surface area contributed by atoms with Gasteiger partial charge in [-0.15, -0.1) is 0 Å². The van der Waals surface area contributed by atoms with Crippen molar-refractivity contribution in [3.63, 3.8) is 0 Å². The first kappa shape index (κ1) is 14.7. The average molecular weight is 229 g/mol. The number of halogens is 4. The molecule has 0 amide bonds. The van der Waals surface area contributed by atoms with Crippen LogP contribution >= 0.6 is 0 Å². The fraction of sp³-hybridized carbons (Fsp3) is 1.00. The first-order valence-electron chi connectivity index (χ1n) is 5.56. The van der Waals surface area contributed by atoms with E-state index in [1.54, 1.807) is 0 Å². The molecule has 1 rings (SSSR count). The Kier molecular flexibility index (Phi) is 6.97. The highest BCUT2D eigenvalue weighted by molar-refractivity contribution is 6.50. The summed E-state index contributed by atoms with van der Waals surface area (Å²) in [5.41, 5.74) is 0. The first-order chi connectivity index (χ1) is 6.84. The summed E-state index contributed by atoms with van der Waals surface area (Å²) >= 11 is 0. The molecule has 1 heterocycles. The molecule has 0 bridgehead atoms. The fourth-order valence-electron chi connectivity index (χ4n) is 1.79. The Morgan fingerprint density at radius 3 is 1.80 bits per heavy atom. The molecule has 15 heavy (non-hydrogen) atoms. The third-order valence-corrected chi connectivity index (χ3v) is 2.81. The van der Waals surface area contributed by atoms with Gasteiger partial charge >= 0.3 is 7.25 Å². The number of hydrogen-bond donors (Lipinski definition) is 1. The maximum Gasteiger partial charge on any atom is 0.673 e. The van der Waals surface area contributed by atoms with Gasteiger partial charge in [-0.2, -0.15) is 0 Å². The van der Waals surface area contributed by atoms with Crippen molar-refractivity contribution in [1.82, 2.24) is 0 Å². The second kappa shape index (κ2) is 7.09. The lowest BCUT2D eigenvalue weighted by molar-refractivity contribution is -0.928. The molecular weight excluding hydrogens is 209 g/mol. The van der Waals surface area contributed by atoms with E-state index in [2.05, 4.69) is 13.8 Å². The van der Waals surface area contributed by atoms with Gasteiger partial charge < -0.3 is 22.2 Å². The van der Waals surface area contributed by atoms with Crippen LogP contribution in [0.5, 0.6) is 0 Å². The predicted molar refractivity (Wildman–Crippen MR) is 54.5 cm³/mol. The molecule has 0 aliphatic carbocycles. The molecule has 0 saturated carbocycles. The van der Waals surface area contributed by atoms with Crippen LogP contribution in [0.1, 0.15) is 39.5 Å². The van der Waals surface area contributed by atoms with Crippen molar-refractivity contribution < 1.29 is 22.2 Å². The van der Waals surface area contributed by atoms with E-state index in [4.69, 9.17) is 0 Å². The van der Waals surface area contributed by atoms with Gasteiger partial charge in [-0.3, -0.25) is 0 Å². The maximum absolute atomic E-state index is 9.75. The minimum atomic E-state index is -6.00. The molecule has 0 aromatic heterocycles. The Balaban J connectivity index is 0.000000336. The van der Waals surface area contributed by atoms with Crippen molar-refractivity contribution in [3.05, 3.63) is 0 Å². The van der Waals surface area contributed by atoms with E-state index in [0.717, 1.165) is 6.04 Å². The molecule has 0 spiro atoms. The van der Waals surface area contributed by atoms with Gasteiger partial charge in [0.2, 0.25) is 0 Å². The van der Waals surface area contributed by atoms with Crippen LogP contribution in [-0.4, -0.2) is 26.4 Å². The van der Waals surface area contributed by atoms with E-state index in [1.807, 2.05) is 4.90 Å². The number of rotatable bonds is 2. The summed E-state index contributed by atoms with van der Waals surface area (Å²) in [5, 5.41) is 0. The zero-order valence-electron chi connectivity index (χ0n) is 9.41. The third kappa shape index (κ3) is 10.0. The molecule has 1 aliphatic heterocycles. The number of quaternary nitrogens is 1. The molecule has 1 atom stereocenters. The van der Waals surface area contributed by atoms with E-state index in [-0.39, 0.29) is 0 Å². The van der Waals surface area contributed by atoms with Gasteiger partial charge in [-0.05, 0) is 32.6 Å². The number of hydrogen-bond acceptors (Lipinski definition) is 0. The highest BCUT2D eigenvalue weighted by Gasteiger charge is 2.20. The van der Waals surface area contributed by atoms with Gasteiger partial charge in [0.05, 0.1) is 19.1 Å². The normalized spacial score (nSPS) is 20.4. The van der Waals surface area contributed by atoms with Crippen molar-refractivity contribution in [3.8, 4) is 0 Å². The van der Waals surface area contributed by atoms with Crippen LogP contribution in [-0.2, 0) is 0 Å². The van der Waals surface area contributed by atoms with Gasteiger partial charge in [0, 0.05) is 0 Å². The number of likely N-dealkylation sites (tertiary alicyclic amines) is 1. The maximum atomic E-state index is 9.75.